The van der Waals surface area contributed by atoms with Crippen LogP contribution >= 0.6 is 0 Å². The number of aryl methyl sites for hydroxylation is 2. The molecule has 0 fully saturated rings. The predicted molar refractivity (Wildman–Crippen MR) is 38.5 cm³/mol. The Hall–Kier alpha value is -1.06. The Kier molecular flexibility index (Phi) is 1.52. The first-order chi connectivity index (χ1) is 5.36. The lowest BCUT2D eigenvalue weighted by Gasteiger charge is -1.89. The molecule has 0 aromatic carbocycles. The summed E-state index contributed by atoms with van der Waals surface area (Å²) >= 11 is 0. The van der Waals surface area contributed by atoms with Gasteiger partial charge in [-0.05, 0) is 30.6 Å². The zero-order chi connectivity index (χ0) is 7.68. The van der Waals surface area contributed by atoms with E-state index in [0.29, 0.717) is 4.96 Å². The third kappa shape index (κ3) is 1.20. The summed E-state index contributed by atoms with van der Waals surface area (Å²) in [5.74, 6) is 0. The topological polar surface area (TPSA) is 50.9 Å². The number of aromatic nitrogens is 3. The Morgan fingerprint density at radius 1 is 1.00 bits per heavy atom. The molecule has 11 heavy (non-hydrogen) atoms. The molecule has 4 heteroatoms. The third-order valence-electron chi connectivity index (χ3n) is 2.08. The predicted octanol–water partition coefficient (Wildman–Crippen LogP) is 0.784. The van der Waals surface area contributed by atoms with Gasteiger partial charge in [0.25, 0.3) is 0 Å². The molecule has 1 aromatic rings. The van der Waals surface area contributed by atoms with Crippen LogP contribution in [0.15, 0.2) is 0 Å². The van der Waals surface area contributed by atoms with Gasteiger partial charge in [0.15, 0.2) is 0 Å². The van der Waals surface area contributed by atoms with Crippen molar-refractivity contribution in [1.29, 1.82) is 0 Å². The zero-order valence-electron chi connectivity index (χ0n) is 6.32. The summed E-state index contributed by atoms with van der Waals surface area (Å²) in [7, 11) is 0. The fraction of sp³-hybridized carbons (Fsp3) is 0.714. The standard InChI is InChI=1S/C7H11N3O/c11-10-8-6-4-2-1-3-5-7(6)9-10/h11H,1-5H2. The molecule has 0 saturated heterocycles. The Morgan fingerprint density at radius 3 is 2.09 bits per heavy atom. The average molecular weight is 153 g/mol. The second kappa shape index (κ2) is 2.53. The molecule has 2 rings (SSSR count). The summed E-state index contributed by atoms with van der Waals surface area (Å²) in [4.78, 5) is 0.690. The molecular weight excluding hydrogens is 142 g/mol. The van der Waals surface area contributed by atoms with E-state index in [0.717, 1.165) is 24.2 Å². The van der Waals surface area contributed by atoms with E-state index >= 15 is 0 Å². The van der Waals surface area contributed by atoms with Crippen LogP contribution < -0.4 is 0 Å². The van der Waals surface area contributed by atoms with Crippen molar-refractivity contribution in [2.45, 2.75) is 32.1 Å². The van der Waals surface area contributed by atoms with Gasteiger partial charge in [0.05, 0.1) is 11.4 Å². The van der Waals surface area contributed by atoms with E-state index in [2.05, 4.69) is 10.2 Å². The van der Waals surface area contributed by atoms with Gasteiger partial charge in [0.2, 0.25) is 0 Å². The van der Waals surface area contributed by atoms with Crippen molar-refractivity contribution in [3.8, 4) is 0 Å². The summed E-state index contributed by atoms with van der Waals surface area (Å²) in [6.45, 7) is 0. The Bertz CT molecular complexity index is 233. The summed E-state index contributed by atoms with van der Waals surface area (Å²) in [6.07, 6.45) is 5.53. The van der Waals surface area contributed by atoms with Gasteiger partial charge in [-0.2, -0.15) is 0 Å². The van der Waals surface area contributed by atoms with Crippen LogP contribution in [0.5, 0.6) is 0 Å². The van der Waals surface area contributed by atoms with Crippen molar-refractivity contribution in [3.63, 3.8) is 0 Å². The maximum absolute atomic E-state index is 8.91. The van der Waals surface area contributed by atoms with Crippen molar-refractivity contribution in [1.82, 2.24) is 15.2 Å². The van der Waals surface area contributed by atoms with E-state index in [-0.39, 0.29) is 0 Å². The number of hydrogen-bond acceptors (Lipinski definition) is 3. The minimum absolute atomic E-state index is 0.690. The molecule has 1 aliphatic rings. The molecule has 0 atom stereocenters. The SMILES string of the molecule is On1nc2c(n1)CCCCC2. The van der Waals surface area contributed by atoms with Gasteiger partial charge in [0.1, 0.15) is 0 Å². The van der Waals surface area contributed by atoms with Gasteiger partial charge in [-0.1, -0.05) is 6.42 Å². The molecule has 60 valence electrons. The minimum atomic E-state index is 0.690. The zero-order valence-corrected chi connectivity index (χ0v) is 6.32. The van der Waals surface area contributed by atoms with Crippen molar-refractivity contribution >= 4 is 0 Å². The van der Waals surface area contributed by atoms with Crippen LogP contribution in [-0.4, -0.2) is 20.4 Å². The Balaban J connectivity index is 2.32. The highest BCUT2D eigenvalue weighted by molar-refractivity contribution is 5.10. The first-order valence-electron chi connectivity index (χ1n) is 4.00. The van der Waals surface area contributed by atoms with Crippen LogP contribution in [0.3, 0.4) is 0 Å². The van der Waals surface area contributed by atoms with Crippen molar-refractivity contribution in [2.75, 3.05) is 0 Å². The lowest BCUT2D eigenvalue weighted by atomic mass is 10.2. The largest absolute Gasteiger partial charge is 0.396 e. The molecule has 0 bridgehead atoms. The van der Waals surface area contributed by atoms with Crippen LogP contribution in [-0.2, 0) is 12.8 Å². The van der Waals surface area contributed by atoms with Crippen molar-refractivity contribution in [2.24, 2.45) is 0 Å². The molecule has 0 unspecified atom stereocenters. The second-order valence-corrected chi connectivity index (χ2v) is 2.92. The van der Waals surface area contributed by atoms with E-state index in [9.17, 15) is 0 Å². The van der Waals surface area contributed by atoms with E-state index in [4.69, 9.17) is 5.21 Å². The highest BCUT2D eigenvalue weighted by atomic mass is 16.5. The van der Waals surface area contributed by atoms with Gasteiger partial charge in [0, 0.05) is 0 Å². The first kappa shape index (κ1) is 6.64. The minimum Gasteiger partial charge on any atom is -0.396 e. The van der Waals surface area contributed by atoms with E-state index in [1.165, 1.54) is 19.3 Å². The van der Waals surface area contributed by atoms with Crippen LogP contribution in [0, 0.1) is 0 Å². The summed E-state index contributed by atoms with van der Waals surface area (Å²) in [5.41, 5.74) is 1.95. The van der Waals surface area contributed by atoms with Gasteiger partial charge >= 0.3 is 0 Å². The maximum Gasteiger partial charge on any atom is 0.0896 e. The van der Waals surface area contributed by atoms with Crippen molar-refractivity contribution < 1.29 is 5.21 Å². The summed E-state index contributed by atoms with van der Waals surface area (Å²) in [5, 5.41) is 16.7. The van der Waals surface area contributed by atoms with Crippen LogP contribution in [0.4, 0.5) is 0 Å². The van der Waals surface area contributed by atoms with Crippen LogP contribution in [0.1, 0.15) is 30.7 Å². The van der Waals surface area contributed by atoms with E-state index < -0.39 is 0 Å². The molecule has 0 aliphatic heterocycles. The quantitative estimate of drug-likeness (QED) is 0.442. The van der Waals surface area contributed by atoms with Crippen LogP contribution in [0.25, 0.3) is 0 Å². The number of rotatable bonds is 0. The molecule has 0 amide bonds. The lowest BCUT2D eigenvalue weighted by molar-refractivity contribution is 0.109. The Labute approximate surface area is 64.8 Å². The van der Waals surface area contributed by atoms with Gasteiger partial charge in [-0.25, -0.2) is 0 Å². The van der Waals surface area contributed by atoms with Gasteiger partial charge in [-0.3, -0.25) is 0 Å². The molecule has 4 nitrogen and oxygen atoms in total. The molecule has 1 heterocycles. The fourth-order valence-corrected chi connectivity index (χ4v) is 1.50. The molecule has 0 radical (unpaired) electrons. The third-order valence-corrected chi connectivity index (χ3v) is 2.08. The molecule has 0 spiro atoms. The van der Waals surface area contributed by atoms with E-state index in [1.807, 2.05) is 0 Å². The molecular formula is C7H11N3O. The highest BCUT2D eigenvalue weighted by Crippen LogP contribution is 2.15. The van der Waals surface area contributed by atoms with Crippen LogP contribution in [0.2, 0.25) is 0 Å². The van der Waals surface area contributed by atoms with Crippen molar-refractivity contribution in [3.05, 3.63) is 11.4 Å². The number of nitrogens with zero attached hydrogens (tertiary/aromatic N) is 3. The Morgan fingerprint density at radius 2 is 1.55 bits per heavy atom. The molecule has 1 N–H and O–H groups in total. The van der Waals surface area contributed by atoms with Gasteiger partial charge in [-0.15, -0.1) is 10.2 Å². The monoisotopic (exact) mass is 153 g/mol. The number of fused-ring (bicyclic) bond motifs is 1. The lowest BCUT2D eigenvalue weighted by Crippen LogP contribution is -1.96. The normalized spacial score (nSPS) is 17.5. The first-order valence-corrected chi connectivity index (χ1v) is 4.00. The maximum atomic E-state index is 8.91. The smallest absolute Gasteiger partial charge is 0.0896 e. The highest BCUT2D eigenvalue weighted by Gasteiger charge is 2.12. The molecule has 0 saturated carbocycles. The van der Waals surface area contributed by atoms with Gasteiger partial charge < -0.3 is 5.21 Å². The molecule has 1 aromatic heterocycles. The summed E-state index contributed by atoms with van der Waals surface area (Å²) < 4.78 is 0. The molecule has 1 aliphatic carbocycles. The summed E-state index contributed by atoms with van der Waals surface area (Å²) in [6, 6.07) is 0. The second-order valence-electron chi connectivity index (χ2n) is 2.92. The fourth-order valence-electron chi connectivity index (χ4n) is 1.50. The number of hydrogen-bond donors (Lipinski definition) is 1. The van der Waals surface area contributed by atoms with E-state index in [1.54, 1.807) is 0 Å². The average Bonchev–Trinajstić information content (AvgIpc) is 2.17.